The van der Waals surface area contributed by atoms with Gasteiger partial charge in [0.2, 0.25) is 0 Å². The molecular formula is C14H24. The first kappa shape index (κ1) is 11.6. The summed E-state index contributed by atoms with van der Waals surface area (Å²) in [6.45, 7) is 4.28. The van der Waals surface area contributed by atoms with Crippen molar-refractivity contribution < 1.29 is 0 Å². The zero-order valence-corrected chi connectivity index (χ0v) is 9.71. The molecule has 2 bridgehead atoms. The van der Waals surface area contributed by atoms with Crippen molar-refractivity contribution in [3.63, 3.8) is 0 Å². The molecule has 0 aromatic heterocycles. The van der Waals surface area contributed by atoms with Crippen molar-refractivity contribution in [3.05, 3.63) is 24.3 Å². The Hall–Kier alpha value is -0.520. The number of unbranched alkanes of at least 4 members (excludes halogenated alkanes) is 2. The largest absolute Gasteiger partial charge is 0.0917 e. The fourth-order valence-electron chi connectivity index (χ4n) is 2.21. The van der Waals surface area contributed by atoms with Gasteiger partial charge in [0, 0.05) is 0 Å². The van der Waals surface area contributed by atoms with Gasteiger partial charge in [0.1, 0.15) is 0 Å². The van der Waals surface area contributed by atoms with E-state index in [1.807, 2.05) is 0 Å². The van der Waals surface area contributed by atoms with Crippen molar-refractivity contribution in [3.8, 4) is 0 Å². The first-order chi connectivity index (χ1) is 6.86. The van der Waals surface area contributed by atoms with Crippen molar-refractivity contribution >= 4 is 0 Å². The molecule has 0 nitrogen and oxygen atoms in total. The van der Waals surface area contributed by atoms with Crippen LogP contribution in [0.5, 0.6) is 0 Å². The fraction of sp³-hybridized carbons (Fsp3) is 0.714. The van der Waals surface area contributed by atoms with Crippen LogP contribution in [0.2, 0.25) is 0 Å². The summed E-state index contributed by atoms with van der Waals surface area (Å²) in [7, 11) is 0. The van der Waals surface area contributed by atoms with E-state index in [1.165, 1.54) is 38.5 Å². The second-order valence-electron chi connectivity index (χ2n) is 4.43. The molecule has 0 N–H and O–H groups in total. The van der Waals surface area contributed by atoms with Crippen LogP contribution in [0.25, 0.3) is 0 Å². The van der Waals surface area contributed by atoms with E-state index >= 15 is 0 Å². The summed E-state index contributed by atoms with van der Waals surface area (Å²) in [6.07, 6.45) is 17.4. The summed E-state index contributed by atoms with van der Waals surface area (Å²) in [6, 6.07) is 0. The van der Waals surface area contributed by atoms with Crippen molar-refractivity contribution in [2.75, 3.05) is 0 Å². The van der Waals surface area contributed by atoms with E-state index < -0.39 is 0 Å². The molecule has 1 saturated carbocycles. The van der Waals surface area contributed by atoms with E-state index in [-0.39, 0.29) is 0 Å². The Kier molecular flexibility index (Phi) is 5.66. The van der Waals surface area contributed by atoms with E-state index in [2.05, 4.69) is 38.2 Å². The third kappa shape index (κ3) is 4.13. The lowest BCUT2D eigenvalue weighted by molar-refractivity contribution is 0.691. The van der Waals surface area contributed by atoms with Gasteiger partial charge in [-0.2, -0.15) is 0 Å². The third-order valence-electron chi connectivity index (χ3n) is 3.13. The van der Waals surface area contributed by atoms with Crippen LogP contribution in [0.4, 0.5) is 0 Å². The van der Waals surface area contributed by atoms with E-state index in [0.717, 1.165) is 11.8 Å². The maximum Gasteiger partial charge on any atom is -0.0228 e. The van der Waals surface area contributed by atoms with Gasteiger partial charge in [-0.1, -0.05) is 44.1 Å². The molecule has 2 unspecified atom stereocenters. The Bertz CT molecular complexity index is 176. The van der Waals surface area contributed by atoms with Gasteiger partial charge >= 0.3 is 0 Å². The summed E-state index contributed by atoms with van der Waals surface area (Å²) in [5.41, 5.74) is 0. The molecule has 2 atom stereocenters. The SMILES string of the molecule is C1=CC2CCC1C2.CC=CCCCC. The highest BCUT2D eigenvalue weighted by atomic mass is 14.3. The molecule has 1 fully saturated rings. The van der Waals surface area contributed by atoms with Crippen LogP contribution < -0.4 is 0 Å². The molecule has 0 spiro atoms. The van der Waals surface area contributed by atoms with Crippen LogP contribution in [0.1, 0.15) is 52.4 Å². The van der Waals surface area contributed by atoms with Crippen LogP contribution in [0, 0.1) is 11.8 Å². The number of hydrogen-bond acceptors (Lipinski definition) is 0. The minimum absolute atomic E-state index is 0.991. The zero-order valence-electron chi connectivity index (χ0n) is 9.71. The van der Waals surface area contributed by atoms with Gasteiger partial charge in [-0.05, 0) is 44.4 Å². The highest BCUT2D eigenvalue weighted by molar-refractivity contribution is 5.06. The predicted molar refractivity (Wildman–Crippen MR) is 64.3 cm³/mol. The van der Waals surface area contributed by atoms with Crippen LogP contribution in [-0.2, 0) is 0 Å². The smallest absolute Gasteiger partial charge is 0.0228 e. The van der Waals surface area contributed by atoms with Gasteiger partial charge in [0.25, 0.3) is 0 Å². The quantitative estimate of drug-likeness (QED) is 0.448. The average molecular weight is 192 g/mol. The maximum atomic E-state index is 2.38. The summed E-state index contributed by atoms with van der Waals surface area (Å²) < 4.78 is 0. The Morgan fingerprint density at radius 1 is 1.21 bits per heavy atom. The lowest BCUT2D eigenvalue weighted by Crippen LogP contribution is -1.82. The molecule has 2 rings (SSSR count). The average Bonchev–Trinajstić information content (AvgIpc) is 2.83. The van der Waals surface area contributed by atoms with Crippen LogP contribution in [0.15, 0.2) is 24.3 Å². The minimum atomic E-state index is 0.991. The summed E-state index contributed by atoms with van der Waals surface area (Å²) >= 11 is 0. The van der Waals surface area contributed by atoms with Crippen molar-refractivity contribution in [1.29, 1.82) is 0 Å². The molecule has 0 aliphatic heterocycles. The van der Waals surface area contributed by atoms with Gasteiger partial charge < -0.3 is 0 Å². The van der Waals surface area contributed by atoms with Crippen LogP contribution in [-0.4, -0.2) is 0 Å². The van der Waals surface area contributed by atoms with Crippen molar-refractivity contribution in [1.82, 2.24) is 0 Å². The number of rotatable bonds is 3. The van der Waals surface area contributed by atoms with Gasteiger partial charge in [-0.3, -0.25) is 0 Å². The Labute approximate surface area is 89.1 Å². The van der Waals surface area contributed by atoms with Gasteiger partial charge in [-0.15, -0.1) is 0 Å². The molecule has 2 aliphatic carbocycles. The molecule has 0 heterocycles. The normalized spacial score (nSPS) is 28.1. The van der Waals surface area contributed by atoms with E-state index in [1.54, 1.807) is 0 Å². The lowest BCUT2D eigenvalue weighted by atomic mass is 10.1. The van der Waals surface area contributed by atoms with Crippen LogP contribution in [0.3, 0.4) is 0 Å². The molecule has 0 amide bonds. The fourth-order valence-corrected chi connectivity index (χ4v) is 2.21. The van der Waals surface area contributed by atoms with Gasteiger partial charge in [-0.25, -0.2) is 0 Å². The molecule has 0 aromatic carbocycles. The van der Waals surface area contributed by atoms with E-state index in [4.69, 9.17) is 0 Å². The Morgan fingerprint density at radius 3 is 2.14 bits per heavy atom. The molecule has 2 aliphatic rings. The van der Waals surface area contributed by atoms with Crippen molar-refractivity contribution in [2.24, 2.45) is 11.8 Å². The molecular weight excluding hydrogens is 168 g/mol. The van der Waals surface area contributed by atoms with E-state index in [9.17, 15) is 0 Å². The van der Waals surface area contributed by atoms with Crippen molar-refractivity contribution in [2.45, 2.75) is 52.4 Å². The van der Waals surface area contributed by atoms with Gasteiger partial charge in [0.15, 0.2) is 0 Å². The van der Waals surface area contributed by atoms with Gasteiger partial charge in [0.05, 0.1) is 0 Å². The zero-order chi connectivity index (χ0) is 10.2. The summed E-state index contributed by atoms with van der Waals surface area (Å²) in [4.78, 5) is 0. The Balaban J connectivity index is 0.000000140. The number of allylic oxidation sites excluding steroid dienone is 4. The first-order valence-corrected chi connectivity index (χ1v) is 6.16. The summed E-state index contributed by atoms with van der Waals surface area (Å²) in [5, 5.41) is 0. The monoisotopic (exact) mass is 192 g/mol. The maximum absolute atomic E-state index is 2.38. The Morgan fingerprint density at radius 2 is 1.86 bits per heavy atom. The molecule has 80 valence electrons. The number of fused-ring (bicyclic) bond motifs is 2. The molecule has 14 heavy (non-hydrogen) atoms. The summed E-state index contributed by atoms with van der Waals surface area (Å²) in [5.74, 6) is 1.98. The second-order valence-corrected chi connectivity index (χ2v) is 4.43. The number of hydrogen-bond donors (Lipinski definition) is 0. The lowest BCUT2D eigenvalue weighted by Gasteiger charge is -1.96. The molecule has 0 aromatic rings. The second kappa shape index (κ2) is 6.86. The standard InChI is InChI=1S/C7H10.C7H14/c1-2-7-4-3-6(1)5-7;1-3-5-7-6-4-2/h1-2,6-7H,3-5H2;3,5H,4,6-7H2,1-2H3. The molecule has 0 heteroatoms. The predicted octanol–water partition coefficient (Wildman–Crippen LogP) is 4.73. The van der Waals surface area contributed by atoms with E-state index in [0.29, 0.717) is 0 Å². The highest BCUT2D eigenvalue weighted by Gasteiger charge is 2.25. The highest BCUT2D eigenvalue weighted by Crippen LogP contribution is 2.38. The molecule has 0 saturated heterocycles. The molecule has 0 radical (unpaired) electrons. The topological polar surface area (TPSA) is 0 Å². The van der Waals surface area contributed by atoms with Crippen LogP contribution >= 0.6 is 0 Å². The first-order valence-electron chi connectivity index (χ1n) is 6.16. The third-order valence-corrected chi connectivity index (χ3v) is 3.13. The minimum Gasteiger partial charge on any atom is -0.0917 e.